The fourth-order valence-corrected chi connectivity index (χ4v) is 7.67. The number of aliphatic hydroxyl groups excluding tert-OH is 2. The number of H-pyrrole nitrogens is 1. The number of nitrogens with zero attached hydrogens (tertiary/aromatic N) is 7. The van der Waals surface area contributed by atoms with Gasteiger partial charge in [0.2, 0.25) is 5.95 Å². The number of phosphoric acid groups is 1. The number of anilines is 2. The number of aromatic amines is 1. The molecule has 4 unspecified atom stereocenters. The van der Waals surface area contributed by atoms with Crippen LogP contribution >= 0.6 is 14.5 Å². The first kappa shape index (κ1) is 30.6. The summed E-state index contributed by atoms with van der Waals surface area (Å²) in [5.74, 6) is -0.189. The van der Waals surface area contributed by atoms with E-state index in [1.54, 1.807) is 0 Å². The summed E-state index contributed by atoms with van der Waals surface area (Å²) in [5, 5.41) is 22.3. The number of imidazole rings is 2. The van der Waals surface area contributed by atoms with Gasteiger partial charge in [0.05, 0.1) is 25.9 Å². The third-order valence-electron chi connectivity index (χ3n) is 7.32. The van der Waals surface area contributed by atoms with Gasteiger partial charge < -0.3 is 45.5 Å². The molecule has 0 spiro atoms. The second-order valence-electron chi connectivity index (χ2n) is 10.1. The predicted molar refractivity (Wildman–Crippen MR) is 150 cm³/mol. The van der Waals surface area contributed by atoms with E-state index in [1.165, 1.54) is 17.2 Å². The number of hydrogen-bond acceptors (Lipinski definition) is 18. The van der Waals surface area contributed by atoms with E-state index in [0.717, 1.165) is 10.9 Å². The van der Waals surface area contributed by atoms with E-state index in [1.807, 2.05) is 0 Å². The van der Waals surface area contributed by atoms with Crippen LogP contribution in [-0.2, 0) is 43.9 Å². The Bertz CT molecular complexity index is 1940. The number of fused-ring (bicyclic) bond motifs is 5. The first-order valence-corrected chi connectivity index (χ1v) is 17.0. The average molecular weight is 690 g/mol. The summed E-state index contributed by atoms with van der Waals surface area (Å²) in [4.78, 5) is 56.4. The molecule has 3 aliphatic rings. The maximum absolute atomic E-state index is 13.2. The van der Waals surface area contributed by atoms with Gasteiger partial charge in [-0.3, -0.25) is 32.5 Å². The summed E-state index contributed by atoms with van der Waals surface area (Å²) in [6.07, 6.45) is -8.15. The summed E-state index contributed by atoms with van der Waals surface area (Å²) in [6.45, 7) is -5.58. The fourth-order valence-electron chi connectivity index (χ4n) is 5.30. The topological polar surface area (TPSA) is 313 Å². The standard InChI is InChI=1S/C20H24N10O12P2S/c21-14-8-15(24-3-23-14)29(4-25-8)18-11(32)12-7(40-18)2-37-43(34,35)41-13-10(31)6(1-38-44(36,45)42-12)39-19(13)30-5-26-9-16(30)27-20(22)28-17(9)33/h3-7,10-13,18-19,31-32H,1-2H2,(H,34,35)(H,36,45)(H2,21,23,24)(H3,22,27,28,33)/t6-,7-,10+,11+,12?,13?,18-,19-,44?/m1/s1. The molecule has 4 aromatic rings. The molecule has 22 nitrogen and oxygen atoms in total. The van der Waals surface area contributed by atoms with Gasteiger partial charge in [-0.15, -0.1) is 0 Å². The first-order chi connectivity index (χ1) is 21.3. The van der Waals surface area contributed by atoms with Crippen molar-refractivity contribution in [3.8, 4) is 0 Å². The zero-order chi connectivity index (χ0) is 31.8. The van der Waals surface area contributed by atoms with Crippen molar-refractivity contribution in [2.75, 3.05) is 24.7 Å². The van der Waals surface area contributed by atoms with E-state index in [-0.39, 0.29) is 34.1 Å². The zero-order valence-electron chi connectivity index (χ0n) is 22.4. The number of rotatable bonds is 2. The Morgan fingerprint density at radius 1 is 0.889 bits per heavy atom. The van der Waals surface area contributed by atoms with Gasteiger partial charge in [0.1, 0.15) is 48.5 Å². The van der Waals surface area contributed by atoms with E-state index >= 15 is 0 Å². The molecule has 10 atom stereocenters. The number of aromatic nitrogens is 8. The maximum Gasteiger partial charge on any atom is 0.472 e. The van der Waals surface area contributed by atoms with Gasteiger partial charge in [-0.1, -0.05) is 0 Å². The lowest BCUT2D eigenvalue weighted by atomic mass is 10.1. The summed E-state index contributed by atoms with van der Waals surface area (Å²) >= 11 is 5.18. The molecule has 0 amide bonds. The summed E-state index contributed by atoms with van der Waals surface area (Å²) in [6, 6.07) is 0. The Labute approximate surface area is 254 Å². The third-order valence-corrected chi connectivity index (χ3v) is 9.87. The van der Waals surface area contributed by atoms with Crippen molar-refractivity contribution in [3.05, 3.63) is 29.3 Å². The lowest BCUT2D eigenvalue weighted by Gasteiger charge is -2.27. The number of nitrogens with one attached hydrogen (secondary N) is 1. The molecule has 0 saturated carbocycles. The Hall–Kier alpha value is -3.02. The highest BCUT2D eigenvalue weighted by molar-refractivity contribution is 8.07. The summed E-state index contributed by atoms with van der Waals surface area (Å²) in [7, 11) is -5.06. The van der Waals surface area contributed by atoms with Crippen molar-refractivity contribution in [2.24, 2.45) is 0 Å². The monoisotopic (exact) mass is 690 g/mol. The summed E-state index contributed by atoms with van der Waals surface area (Å²) in [5.41, 5.74) is 11.0. The van der Waals surface area contributed by atoms with Crippen molar-refractivity contribution in [1.82, 2.24) is 39.0 Å². The van der Waals surface area contributed by atoms with Gasteiger partial charge in [0.25, 0.3) is 5.56 Å². The molecule has 7 rings (SSSR count). The van der Waals surface area contributed by atoms with E-state index in [2.05, 4.69) is 29.9 Å². The van der Waals surface area contributed by atoms with Crippen LogP contribution in [0.3, 0.4) is 0 Å². The van der Waals surface area contributed by atoms with Crippen LogP contribution in [0, 0.1) is 0 Å². The van der Waals surface area contributed by atoms with Crippen molar-refractivity contribution in [3.63, 3.8) is 0 Å². The smallest absolute Gasteiger partial charge is 0.387 e. The molecule has 4 aromatic heterocycles. The van der Waals surface area contributed by atoms with Crippen LogP contribution < -0.4 is 17.0 Å². The number of hydrogen-bond donors (Lipinski definition) is 7. The highest BCUT2D eigenvalue weighted by Crippen LogP contribution is 2.53. The van der Waals surface area contributed by atoms with Gasteiger partial charge in [-0.2, -0.15) is 4.98 Å². The Morgan fingerprint density at radius 3 is 2.36 bits per heavy atom. The molecule has 3 saturated heterocycles. The van der Waals surface area contributed by atoms with E-state index < -0.39 is 82.4 Å². The second kappa shape index (κ2) is 11.1. The molecular weight excluding hydrogens is 666 g/mol. The van der Waals surface area contributed by atoms with Crippen LogP contribution in [0.5, 0.6) is 0 Å². The molecule has 7 heterocycles. The molecule has 45 heavy (non-hydrogen) atoms. The van der Waals surface area contributed by atoms with E-state index in [9.17, 15) is 29.4 Å². The molecule has 0 aromatic carbocycles. The van der Waals surface area contributed by atoms with Gasteiger partial charge in [-0.05, 0) is 11.8 Å². The lowest BCUT2D eigenvalue weighted by Crippen LogP contribution is -2.36. The van der Waals surface area contributed by atoms with Gasteiger partial charge in [-0.25, -0.2) is 24.5 Å². The minimum absolute atomic E-state index is 0.0677. The molecule has 2 bridgehead atoms. The first-order valence-electron chi connectivity index (χ1n) is 13.0. The van der Waals surface area contributed by atoms with Crippen LogP contribution in [0.4, 0.5) is 11.8 Å². The number of nitrogens with two attached hydrogens (primary N) is 2. The molecule has 0 radical (unpaired) electrons. The van der Waals surface area contributed by atoms with Crippen molar-refractivity contribution < 1.29 is 52.1 Å². The molecule has 25 heteroatoms. The predicted octanol–water partition coefficient (Wildman–Crippen LogP) is -2.23. The Kier molecular flexibility index (Phi) is 7.52. The normalized spacial score (nSPS) is 37.7. The Balaban J connectivity index is 1.21. The largest absolute Gasteiger partial charge is 0.472 e. The average Bonchev–Trinajstić information content (AvgIpc) is 3.72. The minimum Gasteiger partial charge on any atom is -0.387 e. The van der Waals surface area contributed by atoms with E-state index in [0.29, 0.717) is 0 Å². The van der Waals surface area contributed by atoms with Crippen molar-refractivity contribution in [1.29, 1.82) is 0 Å². The highest BCUT2D eigenvalue weighted by Gasteiger charge is 2.53. The van der Waals surface area contributed by atoms with Gasteiger partial charge in [0, 0.05) is 0 Å². The van der Waals surface area contributed by atoms with Crippen LogP contribution in [0.25, 0.3) is 22.3 Å². The fraction of sp³-hybridized carbons (Fsp3) is 0.500. The van der Waals surface area contributed by atoms with Crippen LogP contribution in [0.15, 0.2) is 23.8 Å². The summed E-state index contributed by atoms with van der Waals surface area (Å²) < 4.78 is 49.2. The van der Waals surface area contributed by atoms with Gasteiger partial charge in [0.15, 0.2) is 35.1 Å². The van der Waals surface area contributed by atoms with Crippen LogP contribution in [0.1, 0.15) is 12.5 Å². The molecule has 3 fully saturated rings. The van der Waals surface area contributed by atoms with E-state index in [4.69, 9.17) is 50.8 Å². The molecule has 3 aliphatic heterocycles. The third kappa shape index (κ3) is 5.44. The number of aliphatic hydroxyl groups is 2. The molecule has 242 valence electrons. The van der Waals surface area contributed by atoms with Crippen molar-refractivity contribution in [2.45, 2.75) is 49.1 Å². The van der Waals surface area contributed by atoms with Crippen molar-refractivity contribution >= 4 is 60.4 Å². The second-order valence-corrected chi connectivity index (χ2v) is 14.3. The maximum atomic E-state index is 13.2. The van der Waals surface area contributed by atoms with Crippen LogP contribution in [-0.4, -0.2) is 109 Å². The zero-order valence-corrected chi connectivity index (χ0v) is 25.0. The highest BCUT2D eigenvalue weighted by atomic mass is 32.5. The quantitative estimate of drug-likeness (QED) is 0.109. The Morgan fingerprint density at radius 2 is 1.58 bits per heavy atom. The van der Waals surface area contributed by atoms with Gasteiger partial charge >= 0.3 is 14.5 Å². The number of nitrogen functional groups attached to an aromatic ring is 2. The SMILES string of the molecule is Nc1nc2c(ncn2[C@@H]2O[C@@H]3COP(O)(=S)OC4[C@@H](COP(=O)(O)OC2[C@H]3O)O[C@@H](n2cnc3c(N)ncnc32)[C@H]4O)c(=O)[nH]1. The minimum atomic E-state index is -5.06. The number of phosphoric ester groups is 1. The number of ether oxygens (including phenoxy) is 2. The molecular formula is C20H24N10O12P2S. The lowest BCUT2D eigenvalue weighted by molar-refractivity contribution is -0.0647. The van der Waals surface area contributed by atoms with Crippen LogP contribution in [0.2, 0.25) is 0 Å². The molecule has 0 aliphatic carbocycles. The molecule has 9 N–H and O–H groups in total.